The molecule has 0 aliphatic rings. The molecule has 0 aliphatic carbocycles. The maximum absolute atomic E-state index is 12.7. The van der Waals surface area contributed by atoms with Gasteiger partial charge in [0, 0.05) is 46.4 Å². The normalized spacial score (nSPS) is 11.4. The first-order valence-corrected chi connectivity index (χ1v) is 11.5. The number of rotatable bonds is 7. The van der Waals surface area contributed by atoms with Crippen LogP contribution in [0, 0.1) is 10.1 Å². The molecular formula is C26H19ClN6O4. The van der Waals surface area contributed by atoms with Crippen LogP contribution in [-0.4, -0.2) is 31.2 Å². The first kappa shape index (κ1) is 23.9. The van der Waals surface area contributed by atoms with Gasteiger partial charge in [-0.05, 0) is 29.8 Å². The minimum atomic E-state index is -0.593. The number of amides is 1. The number of hydrogen-bond donors (Lipinski definition) is 1. The zero-order valence-corrected chi connectivity index (χ0v) is 20.0. The van der Waals surface area contributed by atoms with Gasteiger partial charge in [0.1, 0.15) is 6.54 Å². The number of non-ortho nitro benzene ring substituents is 1. The number of nitro benzene ring substituents is 1. The second-order valence-electron chi connectivity index (χ2n) is 8.29. The number of carbonyl (C=O) groups excluding carboxylic acids is 1. The standard InChI is InChI=1S/C26H19ClN6O4/c27-19-7-5-17(6-8-19)13-31-14-18(21-3-1-2-4-24(21)31)12-29-30-25(34)15-32-16-28-23-10-9-20(33(36)37)11-22(23)26(32)35/h1-12,14,16H,13,15H2,(H,30,34)/b29-12+. The van der Waals surface area contributed by atoms with Crippen LogP contribution in [0.2, 0.25) is 5.02 Å². The third kappa shape index (κ3) is 5.09. The molecule has 0 atom stereocenters. The highest BCUT2D eigenvalue weighted by atomic mass is 35.5. The van der Waals surface area contributed by atoms with Gasteiger partial charge in [-0.15, -0.1) is 0 Å². The Morgan fingerprint density at radius 1 is 1.08 bits per heavy atom. The van der Waals surface area contributed by atoms with Crippen molar-refractivity contribution < 1.29 is 9.72 Å². The molecule has 1 N–H and O–H groups in total. The molecule has 37 heavy (non-hydrogen) atoms. The lowest BCUT2D eigenvalue weighted by molar-refractivity contribution is -0.384. The van der Waals surface area contributed by atoms with E-state index in [1.807, 2.05) is 54.7 Å². The lowest BCUT2D eigenvalue weighted by atomic mass is 10.2. The van der Waals surface area contributed by atoms with E-state index in [1.165, 1.54) is 18.5 Å². The highest BCUT2D eigenvalue weighted by Gasteiger charge is 2.13. The Kier molecular flexibility index (Phi) is 6.48. The van der Waals surface area contributed by atoms with Crippen molar-refractivity contribution in [1.29, 1.82) is 0 Å². The quantitative estimate of drug-likeness (QED) is 0.199. The molecule has 1 amide bonds. The molecule has 0 aliphatic heterocycles. The third-order valence-electron chi connectivity index (χ3n) is 5.81. The Labute approximate surface area is 214 Å². The molecule has 0 fully saturated rings. The molecule has 0 unspecified atom stereocenters. The smallest absolute Gasteiger partial charge is 0.270 e. The number of hydrazone groups is 1. The molecule has 11 heteroatoms. The van der Waals surface area contributed by atoms with Crippen molar-refractivity contribution in [2.24, 2.45) is 5.10 Å². The van der Waals surface area contributed by atoms with E-state index in [0.29, 0.717) is 17.1 Å². The second-order valence-corrected chi connectivity index (χ2v) is 8.72. The second kappa shape index (κ2) is 10.0. The Balaban J connectivity index is 1.32. The first-order valence-electron chi connectivity index (χ1n) is 11.2. The van der Waals surface area contributed by atoms with Gasteiger partial charge in [-0.1, -0.05) is 41.9 Å². The van der Waals surface area contributed by atoms with Gasteiger partial charge in [-0.25, -0.2) is 10.4 Å². The van der Waals surface area contributed by atoms with E-state index in [9.17, 15) is 19.7 Å². The summed E-state index contributed by atoms with van der Waals surface area (Å²) < 4.78 is 3.16. The fourth-order valence-corrected chi connectivity index (χ4v) is 4.16. The molecule has 0 spiro atoms. The zero-order valence-electron chi connectivity index (χ0n) is 19.2. The maximum Gasteiger partial charge on any atom is 0.270 e. The van der Waals surface area contributed by atoms with E-state index in [4.69, 9.17) is 11.6 Å². The summed E-state index contributed by atoms with van der Waals surface area (Å²) in [6, 6.07) is 19.3. The largest absolute Gasteiger partial charge is 0.342 e. The molecule has 5 aromatic rings. The Bertz CT molecular complexity index is 1740. The molecule has 5 rings (SSSR count). The summed E-state index contributed by atoms with van der Waals surface area (Å²) >= 11 is 5.99. The van der Waals surface area contributed by atoms with Crippen molar-refractivity contribution >= 4 is 51.2 Å². The number of hydrogen-bond acceptors (Lipinski definition) is 6. The summed E-state index contributed by atoms with van der Waals surface area (Å²) in [6.07, 6.45) is 4.72. The van der Waals surface area contributed by atoms with E-state index in [2.05, 4.69) is 20.1 Å². The Hall–Kier alpha value is -4.83. The van der Waals surface area contributed by atoms with Crippen molar-refractivity contribution in [3.8, 4) is 0 Å². The van der Waals surface area contributed by atoms with Crippen molar-refractivity contribution in [2.75, 3.05) is 0 Å². The van der Waals surface area contributed by atoms with Crippen molar-refractivity contribution in [3.63, 3.8) is 0 Å². The summed E-state index contributed by atoms with van der Waals surface area (Å²) in [5.41, 5.74) is 4.85. The van der Waals surface area contributed by atoms with Gasteiger partial charge in [-0.3, -0.25) is 24.3 Å². The summed E-state index contributed by atoms with van der Waals surface area (Å²) in [7, 11) is 0. The van der Waals surface area contributed by atoms with Crippen LogP contribution in [0.25, 0.3) is 21.8 Å². The number of nitrogens with one attached hydrogen (secondary N) is 1. The van der Waals surface area contributed by atoms with Gasteiger partial charge in [0.05, 0.1) is 28.4 Å². The summed E-state index contributed by atoms with van der Waals surface area (Å²) in [5, 5.41) is 16.8. The predicted octanol–water partition coefficient (Wildman–Crippen LogP) is 4.11. The molecule has 0 saturated carbocycles. The number of benzene rings is 3. The van der Waals surface area contributed by atoms with Crippen LogP contribution >= 0.6 is 11.6 Å². The van der Waals surface area contributed by atoms with Crippen molar-refractivity contribution in [3.05, 3.63) is 116 Å². The van der Waals surface area contributed by atoms with Gasteiger partial charge in [0.25, 0.3) is 17.2 Å². The van der Waals surface area contributed by atoms with Crippen LogP contribution in [0.1, 0.15) is 11.1 Å². The molecule has 184 valence electrons. The minimum absolute atomic E-state index is 0.0569. The number of fused-ring (bicyclic) bond motifs is 2. The number of nitro groups is 1. The summed E-state index contributed by atoms with van der Waals surface area (Å²) in [4.78, 5) is 39.7. The summed E-state index contributed by atoms with van der Waals surface area (Å²) in [5.74, 6) is -0.546. The van der Waals surface area contributed by atoms with E-state index >= 15 is 0 Å². The van der Waals surface area contributed by atoms with E-state index < -0.39 is 16.4 Å². The number of nitrogens with zero attached hydrogens (tertiary/aromatic N) is 5. The third-order valence-corrected chi connectivity index (χ3v) is 6.06. The van der Waals surface area contributed by atoms with E-state index in [1.54, 1.807) is 6.21 Å². The average molecular weight is 515 g/mol. The van der Waals surface area contributed by atoms with Crippen LogP contribution in [-0.2, 0) is 17.9 Å². The summed E-state index contributed by atoms with van der Waals surface area (Å²) in [6.45, 7) is 0.286. The maximum atomic E-state index is 12.7. The molecular weight excluding hydrogens is 496 g/mol. The van der Waals surface area contributed by atoms with Gasteiger partial charge < -0.3 is 4.57 Å². The van der Waals surface area contributed by atoms with Gasteiger partial charge >= 0.3 is 0 Å². The predicted molar refractivity (Wildman–Crippen MR) is 141 cm³/mol. The van der Waals surface area contributed by atoms with Crippen molar-refractivity contribution in [1.82, 2.24) is 19.5 Å². The Morgan fingerprint density at radius 3 is 2.65 bits per heavy atom. The monoisotopic (exact) mass is 514 g/mol. The number of halogens is 1. The highest BCUT2D eigenvalue weighted by molar-refractivity contribution is 6.30. The lowest BCUT2D eigenvalue weighted by Crippen LogP contribution is -2.30. The molecule has 3 aromatic carbocycles. The lowest BCUT2D eigenvalue weighted by Gasteiger charge is -2.05. The highest BCUT2D eigenvalue weighted by Crippen LogP contribution is 2.22. The van der Waals surface area contributed by atoms with Crippen LogP contribution < -0.4 is 11.0 Å². The van der Waals surface area contributed by atoms with Gasteiger partial charge in [0.15, 0.2) is 0 Å². The van der Waals surface area contributed by atoms with Crippen LogP contribution in [0.15, 0.2) is 89.2 Å². The average Bonchev–Trinajstić information content (AvgIpc) is 3.24. The van der Waals surface area contributed by atoms with Gasteiger partial charge in [-0.2, -0.15) is 5.10 Å². The molecule has 0 saturated heterocycles. The fourth-order valence-electron chi connectivity index (χ4n) is 4.03. The topological polar surface area (TPSA) is 124 Å². The van der Waals surface area contributed by atoms with Crippen molar-refractivity contribution in [2.45, 2.75) is 13.1 Å². The molecule has 0 bridgehead atoms. The van der Waals surface area contributed by atoms with E-state index in [0.717, 1.165) is 32.7 Å². The molecule has 10 nitrogen and oxygen atoms in total. The number of carbonyl (C=O) groups is 1. The van der Waals surface area contributed by atoms with Crippen LogP contribution in [0.3, 0.4) is 0 Å². The first-order chi connectivity index (χ1) is 17.9. The van der Waals surface area contributed by atoms with E-state index in [-0.39, 0.29) is 17.6 Å². The SMILES string of the molecule is O=C(Cn1cnc2ccc([N+](=O)[O-])cc2c1=O)N/N=C/c1cn(Cc2ccc(Cl)cc2)c2ccccc12. The minimum Gasteiger partial charge on any atom is -0.342 e. The number of aromatic nitrogens is 3. The van der Waals surface area contributed by atoms with Gasteiger partial charge in [0.2, 0.25) is 0 Å². The Morgan fingerprint density at radius 2 is 1.86 bits per heavy atom. The fraction of sp³-hybridized carbons (Fsp3) is 0.0769. The molecule has 2 aromatic heterocycles. The molecule has 0 radical (unpaired) electrons. The zero-order chi connectivity index (χ0) is 25.9. The van der Waals surface area contributed by atoms with Crippen LogP contribution in [0.5, 0.6) is 0 Å². The molecule has 2 heterocycles. The van der Waals surface area contributed by atoms with Crippen LogP contribution in [0.4, 0.5) is 5.69 Å². The number of para-hydroxylation sites is 1.